The summed E-state index contributed by atoms with van der Waals surface area (Å²) in [7, 11) is 0. The second-order valence-electron chi connectivity index (χ2n) is 7.43. The molecule has 2 heterocycles. The number of likely N-dealkylation sites (tertiary alicyclic amines) is 1. The van der Waals surface area contributed by atoms with Gasteiger partial charge in [0.1, 0.15) is 23.1 Å². The van der Waals surface area contributed by atoms with Crippen molar-refractivity contribution in [1.82, 2.24) is 4.90 Å². The SMILES string of the molecule is NC1=NC2(CCN(C(=O)OCCCOc3ccccc3)CC2)Nc2cccc(F)c21. The van der Waals surface area contributed by atoms with Crippen LogP contribution in [0.2, 0.25) is 0 Å². The molecule has 4 rings (SSSR count). The van der Waals surface area contributed by atoms with Crippen molar-refractivity contribution in [2.24, 2.45) is 10.7 Å². The van der Waals surface area contributed by atoms with E-state index in [2.05, 4.69) is 10.3 Å². The molecule has 7 nitrogen and oxygen atoms in total. The van der Waals surface area contributed by atoms with Gasteiger partial charge in [-0.15, -0.1) is 0 Å². The standard InChI is InChI=1S/C22H25FN4O3/c23-17-8-4-9-18-19(17)20(24)26-22(25-18)10-12-27(13-11-22)21(28)30-15-5-14-29-16-6-2-1-3-7-16/h1-4,6-9,25H,5,10-15H2,(H2,24,26). The van der Waals surface area contributed by atoms with E-state index in [1.54, 1.807) is 17.0 Å². The molecule has 2 aliphatic heterocycles. The van der Waals surface area contributed by atoms with Crippen LogP contribution in [0.15, 0.2) is 53.5 Å². The number of aliphatic imine (C=N–C) groups is 1. The molecule has 0 atom stereocenters. The van der Waals surface area contributed by atoms with Gasteiger partial charge in [0.2, 0.25) is 0 Å². The van der Waals surface area contributed by atoms with Crippen LogP contribution in [-0.4, -0.2) is 48.8 Å². The van der Waals surface area contributed by atoms with Crippen LogP contribution >= 0.6 is 0 Å². The zero-order valence-electron chi connectivity index (χ0n) is 16.6. The molecule has 1 amide bonds. The smallest absolute Gasteiger partial charge is 0.409 e. The van der Waals surface area contributed by atoms with Gasteiger partial charge in [0.25, 0.3) is 0 Å². The summed E-state index contributed by atoms with van der Waals surface area (Å²) in [5, 5.41) is 3.32. The molecule has 1 fully saturated rings. The highest BCUT2D eigenvalue weighted by Crippen LogP contribution is 2.35. The molecule has 0 aliphatic carbocycles. The molecule has 0 radical (unpaired) electrons. The number of hydrogen-bond acceptors (Lipinski definition) is 6. The summed E-state index contributed by atoms with van der Waals surface area (Å²) in [6.07, 6.45) is 1.40. The summed E-state index contributed by atoms with van der Waals surface area (Å²) in [5.41, 5.74) is 6.36. The predicted octanol–water partition coefficient (Wildman–Crippen LogP) is 3.35. The van der Waals surface area contributed by atoms with Gasteiger partial charge in [-0.25, -0.2) is 14.2 Å². The van der Waals surface area contributed by atoms with Crippen molar-refractivity contribution in [3.63, 3.8) is 0 Å². The molecule has 1 spiro atoms. The monoisotopic (exact) mass is 412 g/mol. The van der Waals surface area contributed by atoms with Crippen molar-refractivity contribution in [3.8, 4) is 5.75 Å². The predicted molar refractivity (Wildman–Crippen MR) is 112 cm³/mol. The van der Waals surface area contributed by atoms with Crippen molar-refractivity contribution in [2.45, 2.75) is 24.9 Å². The van der Waals surface area contributed by atoms with Crippen molar-refractivity contribution < 1.29 is 18.7 Å². The van der Waals surface area contributed by atoms with E-state index in [0.29, 0.717) is 56.8 Å². The van der Waals surface area contributed by atoms with Crippen LogP contribution < -0.4 is 15.8 Å². The van der Waals surface area contributed by atoms with Crippen molar-refractivity contribution in [2.75, 3.05) is 31.6 Å². The number of nitrogens with two attached hydrogens (primary N) is 1. The topological polar surface area (TPSA) is 89.2 Å². The minimum atomic E-state index is -0.620. The number of amidine groups is 1. The van der Waals surface area contributed by atoms with Crippen molar-refractivity contribution in [1.29, 1.82) is 0 Å². The Balaban J connectivity index is 1.24. The third-order valence-electron chi connectivity index (χ3n) is 5.35. The highest BCUT2D eigenvalue weighted by Gasteiger charge is 2.39. The zero-order chi connectivity index (χ0) is 21.0. The number of anilines is 1. The van der Waals surface area contributed by atoms with E-state index in [-0.39, 0.29) is 11.9 Å². The summed E-state index contributed by atoms with van der Waals surface area (Å²) in [6, 6.07) is 14.3. The van der Waals surface area contributed by atoms with E-state index in [9.17, 15) is 9.18 Å². The average molecular weight is 412 g/mol. The van der Waals surface area contributed by atoms with Crippen molar-refractivity contribution in [3.05, 3.63) is 59.9 Å². The highest BCUT2D eigenvalue weighted by atomic mass is 19.1. The van der Waals surface area contributed by atoms with Gasteiger partial charge in [-0.2, -0.15) is 0 Å². The summed E-state index contributed by atoms with van der Waals surface area (Å²) in [4.78, 5) is 18.5. The number of rotatable bonds is 5. The number of amides is 1. The molecule has 0 unspecified atom stereocenters. The van der Waals surface area contributed by atoms with Gasteiger partial charge < -0.3 is 25.4 Å². The second-order valence-corrected chi connectivity index (χ2v) is 7.43. The summed E-state index contributed by atoms with van der Waals surface area (Å²) in [5.74, 6) is 0.594. The molecule has 0 aromatic heterocycles. The Morgan fingerprint density at radius 2 is 1.90 bits per heavy atom. The van der Waals surface area contributed by atoms with E-state index in [1.807, 2.05) is 30.3 Å². The number of ether oxygens (including phenoxy) is 2. The summed E-state index contributed by atoms with van der Waals surface area (Å²) in [6.45, 7) is 1.74. The Hall–Kier alpha value is -3.29. The fourth-order valence-electron chi connectivity index (χ4n) is 3.77. The largest absolute Gasteiger partial charge is 0.493 e. The van der Waals surface area contributed by atoms with Gasteiger partial charge in [-0.1, -0.05) is 24.3 Å². The number of carbonyl (C=O) groups is 1. The molecule has 0 bridgehead atoms. The Morgan fingerprint density at radius 1 is 1.13 bits per heavy atom. The van der Waals surface area contributed by atoms with Crippen LogP contribution in [0.4, 0.5) is 14.9 Å². The van der Waals surface area contributed by atoms with E-state index in [4.69, 9.17) is 15.2 Å². The Labute approximate surface area is 174 Å². The van der Waals surface area contributed by atoms with E-state index >= 15 is 0 Å². The lowest BCUT2D eigenvalue weighted by atomic mass is 9.94. The van der Waals surface area contributed by atoms with Gasteiger partial charge in [0.05, 0.1) is 18.8 Å². The maximum Gasteiger partial charge on any atom is 0.409 e. The van der Waals surface area contributed by atoms with E-state index < -0.39 is 11.5 Å². The fourth-order valence-corrected chi connectivity index (χ4v) is 3.77. The highest BCUT2D eigenvalue weighted by molar-refractivity contribution is 6.04. The average Bonchev–Trinajstić information content (AvgIpc) is 2.74. The zero-order valence-corrected chi connectivity index (χ0v) is 16.6. The minimum absolute atomic E-state index is 0.191. The first-order chi connectivity index (χ1) is 14.6. The number of fused-ring (bicyclic) bond motifs is 1. The van der Waals surface area contributed by atoms with Gasteiger partial charge in [0.15, 0.2) is 0 Å². The molecule has 2 aliphatic rings. The van der Waals surface area contributed by atoms with Crippen LogP contribution in [0, 0.1) is 5.82 Å². The molecule has 1 saturated heterocycles. The van der Waals surface area contributed by atoms with Crippen LogP contribution in [0.25, 0.3) is 0 Å². The van der Waals surface area contributed by atoms with E-state index in [0.717, 1.165) is 5.75 Å². The van der Waals surface area contributed by atoms with Gasteiger partial charge in [-0.3, -0.25) is 0 Å². The lowest BCUT2D eigenvalue weighted by molar-refractivity contribution is 0.0824. The molecular formula is C22H25FN4O3. The Bertz CT molecular complexity index is 927. The number of nitrogens with zero attached hydrogens (tertiary/aromatic N) is 2. The first-order valence-corrected chi connectivity index (χ1v) is 10.1. The van der Waals surface area contributed by atoms with Gasteiger partial charge in [-0.05, 0) is 24.3 Å². The van der Waals surface area contributed by atoms with E-state index in [1.165, 1.54) is 6.07 Å². The molecule has 158 valence electrons. The minimum Gasteiger partial charge on any atom is -0.493 e. The third-order valence-corrected chi connectivity index (χ3v) is 5.35. The summed E-state index contributed by atoms with van der Waals surface area (Å²) >= 11 is 0. The molecule has 3 N–H and O–H groups in total. The quantitative estimate of drug-likeness (QED) is 0.735. The number of carbonyl (C=O) groups excluding carboxylic acids is 1. The van der Waals surface area contributed by atoms with Gasteiger partial charge in [0, 0.05) is 38.0 Å². The lowest BCUT2D eigenvalue weighted by Gasteiger charge is -2.42. The number of para-hydroxylation sites is 1. The maximum absolute atomic E-state index is 14.0. The molecule has 0 saturated carbocycles. The molecule has 2 aromatic rings. The third kappa shape index (κ3) is 4.32. The van der Waals surface area contributed by atoms with Gasteiger partial charge >= 0.3 is 6.09 Å². The van der Waals surface area contributed by atoms with Crippen LogP contribution in [0.1, 0.15) is 24.8 Å². The second kappa shape index (κ2) is 8.61. The van der Waals surface area contributed by atoms with Crippen molar-refractivity contribution >= 4 is 17.6 Å². The molecular weight excluding hydrogens is 387 g/mol. The molecule has 8 heteroatoms. The Kier molecular flexibility index (Phi) is 5.74. The Morgan fingerprint density at radius 3 is 2.67 bits per heavy atom. The first kappa shape index (κ1) is 20.0. The summed E-state index contributed by atoms with van der Waals surface area (Å²) < 4.78 is 25.0. The fraction of sp³-hybridized carbons (Fsp3) is 0.364. The van der Waals surface area contributed by atoms with Crippen LogP contribution in [-0.2, 0) is 4.74 Å². The lowest BCUT2D eigenvalue weighted by Crippen LogP contribution is -2.52. The first-order valence-electron chi connectivity index (χ1n) is 10.1. The normalized spacial score (nSPS) is 17.0. The number of piperidine rings is 1. The maximum atomic E-state index is 14.0. The van der Waals surface area contributed by atoms with Crippen LogP contribution in [0.5, 0.6) is 5.75 Å². The molecule has 30 heavy (non-hydrogen) atoms. The van der Waals surface area contributed by atoms with Crippen LogP contribution in [0.3, 0.4) is 0 Å². The molecule has 2 aromatic carbocycles. The number of benzene rings is 2. The number of hydrogen-bond donors (Lipinski definition) is 2. The number of nitrogens with one attached hydrogen (secondary N) is 1. The number of halogens is 1.